The molecule has 1 aliphatic carbocycles. The van der Waals surface area contributed by atoms with E-state index in [4.69, 9.17) is 0 Å². The molecule has 5 nitrogen and oxygen atoms in total. The third kappa shape index (κ3) is 2.26. The third-order valence-corrected chi connectivity index (χ3v) is 5.42. The Balaban J connectivity index is 1.68. The average molecular weight is 326 g/mol. The number of aromatic nitrogens is 1. The van der Waals surface area contributed by atoms with Crippen LogP contribution in [0.1, 0.15) is 30.0 Å². The molecule has 2 amide bonds. The Morgan fingerprint density at radius 3 is 2.79 bits per heavy atom. The highest BCUT2D eigenvalue weighted by atomic mass is 16.2. The van der Waals surface area contributed by atoms with Crippen molar-refractivity contribution in [3.8, 4) is 0 Å². The van der Waals surface area contributed by atoms with E-state index in [-0.39, 0.29) is 23.7 Å². The molecule has 1 aliphatic heterocycles. The number of nitrogens with one attached hydrogen (secondary N) is 2. The number of H-pyrrole nitrogens is 1. The van der Waals surface area contributed by atoms with Crippen molar-refractivity contribution in [3.05, 3.63) is 35.5 Å². The summed E-state index contributed by atoms with van der Waals surface area (Å²) in [6.45, 7) is 1.51. The topological polar surface area (TPSA) is 57.6 Å². The minimum Gasteiger partial charge on any atom is -0.358 e. The van der Waals surface area contributed by atoms with Crippen LogP contribution in [0.25, 0.3) is 10.9 Å². The van der Waals surface area contributed by atoms with Crippen LogP contribution in [0.4, 0.5) is 0 Å². The summed E-state index contributed by atoms with van der Waals surface area (Å²) in [6, 6.07) is 8.10. The molecule has 0 spiro atoms. The van der Waals surface area contributed by atoms with Crippen LogP contribution in [0.5, 0.6) is 0 Å². The first-order valence-corrected chi connectivity index (χ1v) is 8.81. The predicted octanol–water partition coefficient (Wildman–Crippen LogP) is 0.717. The normalized spacial score (nSPS) is 23.2. The molecule has 1 fully saturated rings. The highest BCUT2D eigenvalue weighted by Gasteiger charge is 2.51. The lowest BCUT2D eigenvalue weighted by molar-refractivity contribution is -0.858. The van der Waals surface area contributed by atoms with Gasteiger partial charge in [-0.2, -0.15) is 0 Å². The molecule has 5 heteroatoms. The van der Waals surface area contributed by atoms with E-state index < -0.39 is 0 Å². The second kappa shape index (κ2) is 5.74. The van der Waals surface area contributed by atoms with Crippen LogP contribution in [0.15, 0.2) is 24.3 Å². The van der Waals surface area contributed by atoms with Gasteiger partial charge < -0.3 is 9.88 Å². The van der Waals surface area contributed by atoms with E-state index in [0.29, 0.717) is 6.54 Å². The number of carbonyl (C=O) groups excluding carboxylic acids is 2. The van der Waals surface area contributed by atoms with E-state index in [1.54, 1.807) is 0 Å². The van der Waals surface area contributed by atoms with Crippen LogP contribution in [0.2, 0.25) is 0 Å². The van der Waals surface area contributed by atoms with Gasteiger partial charge in [0.1, 0.15) is 0 Å². The Hall–Kier alpha value is -2.14. The molecule has 1 aromatic carbocycles. The summed E-state index contributed by atoms with van der Waals surface area (Å²) in [7, 11) is 4.18. The van der Waals surface area contributed by atoms with Crippen molar-refractivity contribution in [3.63, 3.8) is 0 Å². The quantitative estimate of drug-likeness (QED) is 0.814. The molecule has 1 saturated heterocycles. The molecular formula is C19H24N3O2+. The number of carbonyl (C=O) groups is 2. The Morgan fingerprint density at radius 2 is 2.00 bits per heavy atom. The minimum atomic E-state index is -0.288. The highest BCUT2D eigenvalue weighted by Crippen LogP contribution is 2.45. The van der Waals surface area contributed by atoms with E-state index in [2.05, 4.69) is 25.1 Å². The fourth-order valence-electron chi connectivity index (χ4n) is 4.29. The monoisotopic (exact) mass is 326 g/mol. The van der Waals surface area contributed by atoms with Gasteiger partial charge in [0.05, 0.1) is 32.5 Å². The zero-order chi connectivity index (χ0) is 16.8. The van der Waals surface area contributed by atoms with Crippen LogP contribution >= 0.6 is 0 Å². The zero-order valence-corrected chi connectivity index (χ0v) is 14.3. The van der Waals surface area contributed by atoms with Crippen LogP contribution in [-0.2, 0) is 16.0 Å². The van der Waals surface area contributed by atoms with Gasteiger partial charge in [-0.25, -0.2) is 0 Å². The number of nitrogens with zero attached hydrogens (tertiary/aromatic N) is 1. The molecule has 0 radical (unpaired) electrons. The number of fused-ring (bicyclic) bond motifs is 5. The molecule has 0 bridgehead atoms. The number of imide groups is 1. The van der Waals surface area contributed by atoms with Gasteiger partial charge in [-0.3, -0.25) is 14.5 Å². The third-order valence-electron chi connectivity index (χ3n) is 5.42. The van der Waals surface area contributed by atoms with Crippen LogP contribution in [-0.4, -0.2) is 48.9 Å². The summed E-state index contributed by atoms with van der Waals surface area (Å²) >= 11 is 0. The Morgan fingerprint density at radius 1 is 1.21 bits per heavy atom. The summed E-state index contributed by atoms with van der Waals surface area (Å²) in [6.07, 6.45) is 2.48. The Bertz CT molecular complexity index is 808. The number of hydrogen-bond acceptors (Lipinski definition) is 2. The highest BCUT2D eigenvalue weighted by molar-refractivity contribution is 6.10. The first-order valence-electron chi connectivity index (χ1n) is 8.81. The molecule has 4 rings (SSSR count). The van der Waals surface area contributed by atoms with Gasteiger partial charge in [0, 0.05) is 29.6 Å². The van der Waals surface area contributed by atoms with E-state index in [0.717, 1.165) is 48.0 Å². The van der Waals surface area contributed by atoms with Crippen LogP contribution < -0.4 is 4.90 Å². The zero-order valence-electron chi connectivity index (χ0n) is 14.3. The van der Waals surface area contributed by atoms with Crippen molar-refractivity contribution in [1.29, 1.82) is 0 Å². The van der Waals surface area contributed by atoms with Crippen molar-refractivity contribution in [2.75, 3.05) is 27.2 Å². The molecule has 126 valence electrons. The molecule has 1 aromatic heterocycles. The number of hydrogen-bond donors (Lipinski definition) is 2. The summed E-state index contributed by atoms with van der Waals surface area (Å²) in [5.41, 5.74) is 3.28. The fraction of sp³-hybridized carbons (Fsp3) is 0.474. The average Bonchev–Trinajstić information content (AvgIpc) is 3.05. The van der Waals surface area contributed by atoms with Crippen LogP contribution in [0.3, 0.4) is 0 Å². The molecular weight excluding hydrogens is 302 g/mol. The van der Waals surface area contributed by atoms with E-state index >= 15 is 0 Å². The smallest absolute Gasteiger partial charge is 0.237 e. The SMILES string of the molecule is C[NH+](C)CCCN1C(=O)[C@H]2CCc3[nH]c4ccccc4c3[C@@H]2C1=O. The van der Waals surface area contributed by atoms with E-state index in [1.807, 2.05) is 18.2 Å². The lowest BCUT2D eigenvalue weighted by atomic mass is 9.78. The number of likely N-dealkylation sites (tertiary alicyclic amines) is 1. The molecule has 0 unspecified atom stereocenters. The lowest BCUT2D eigenvalue weighted by Gasteiger charge is -2.21. The molecule has 2 aromatic rings. The number of benzene rings is 1. The summed E-state index contributed by atoms with van der Waals surface area (Å²) < 4.78 is 0. The molecule has 2 aliphatic rings. The van der Waals surface area contributed by atoms with Crippen molar-refractivity contribution >= 4 is 22.7 Å². The lowest BCUT2D eigenvalue weighted by Crippen LogP contribution is -3.05. The van der Waals surface area contributed by atoms with Gasteiger partial charge in [-0.05, 0) is 24.5 Å². The molecule has 2 N–H and O–H groups in total. The van der Waals surface area contributed by atoms with Crippen molar-refractivity contribution in [1.82, 2.24) is 9.88 Å². The van der Waals surface area contributed by atoms with Gasteiger partial charge >= 0.3 is 0 Å². The number of aryl methyl sites for hydroxylation is 1. The summed E-state index contributed by atoms with van der Waals surface area (Å²) in [5.74, 6) is -0.417. The predicted molar refractivity (Wildman–Crippen MR) is 91.9 cm³/mol. The molecule has 0 saturated carbocycles. The maximum Gasteiger partial charge on any atom is 0.237 e. The van der Waals surface area contributed by atoms with Crippen molar-refractivity contribution in [2.45, 2.75) is 25.2 Å². The number of rotatable bonds is 4. The second-order valence-corrected chi connectivity index (χ2v) is 7.32. The van der Waals surface area contributed by atoms with Crippen molar-refractivity contribution in [2.24, 2.45) is 5.92 Å². The van der Waals surface area contributed by atoms with Crippen molar-refractivity contribution < 1.29 is 14.5 Å². The van der Waals surface area contributed by atoms with Gasteiger partial charge in [0.25, 0.3) is 0 Å². The maximum absolute atomic E-state index is 13.0. The molecule has 2 atom stereocenters. The summed E-state index contributed by atoms with van der Waals surface area (Å²) in [5, 5.41) is 1.10. The second-order valence-electron chi connectivity index (χ2n) is 7.32. The van der Waals surface area contributed by atoms with E-state index in [1.165, 1.54) is 9.80 Å². The minimum absolute atomic E-state index is 0.00413. The maximum atomic E-state index is 13.0. The fourth-order valence-corrected chi connectivity index (χ4v) is 4.29. The van der Waals surface area contributed by atoms with E-state index in [9.17, 15) is 9.59 Å². The van der Waals surface area contributed by atoms with Gasteiger partial charge in [0.15, 0.2) is 0 Å². The number of amides is 2. The Labute approximate surface area is 141 Å². The van der Waals surface area contributed by atoms with Crippen LogP contribution in [0, 0.1) is 5.92 Å². The first-order chi connectivity index (χ1) is 11.6. The van der Waals surface area contributed by atoms with Gasteiger partial charge in [-0.15, -0.1) is 0 Å². The summed E-state index contributed by atoms with van der Waals surface area (Å²) in [4.78, 5) is 32.1. The number of quaternary nitrogens is 1. The number of aromatic amines is 1. The van der Waals surface area contributed by atoms with Gasteiger partial charge in [-0.1, -0.05) is 18.2 Å². The molecule has 24 heavy (non-hydrogen) atoms. The standard InChI is InChI=1S/C19H23N3O2/c1-21(2)10-5-11-22-18(23)13-8-9-15-16(17(13)19(22)24)12-6-3-4-7-14(12)20-15/h3-4,6-7,13,17,20H,5,8-11H2,1-2H3/p+1/t13-,17+/m0/s1. The largest absolute Gasteiger partial charge is 0.358 e. The van der Waals surface area contributed by atoms with Gasteiger partial charge in [0.2, 0.25) is 11.8 Å². The molecule has 2 heterocycles. The number of para-hydroxylation sites is 1. The Kier molecular flexibility index (Phi) is 3.68. The first kappa shape index (κ1) is 15.4.